The minimum atomic E-state index is -4.41. The zero-order chi connectivity index (χ0) is 16.6. The standard InChI is InChI=1S/C16H13F3N2O2/c17-16(18,19)11-4-5-14(20-8-11)13-3-1-2-10-9-21(15(22)23)7-6-12(10)13/h1-5,8H,6-7,9H2,(H,22,23). The highest BCUT2D eigenvalue weighted by Gasteiger charge is 2.31. The van der Waals surface area contributed by atoms with E-state index in [-0.39, 0.29) is 6.54 Å². The molecule has 2 aromatic rings. The summed E-state index contributed by atoms with van der Waals surface area (Å²) in [6.45, 7) is 0.638. The Morgan fingerprint density at radius 1 is 1.22 bits per heavy atom. The van der Waals surface area contributed by atoms with Crippen LogP contribution in [-0.2, 0) is 19.1 Å². The Balaban J connectivity index is 1.96. The van der Waals surface area contributed by atoms with Crippen molar-refractivity contribution in [2.24, 2.45) is 0 Å². The summed E-state index contributed by atoms with van der Waals surface area (Å²) in [6.07, 6.45) is -4.06. The van der Waals surface area contributed by atoms with E-state index in [0.29, 0.717) is 18.7 Å². The van der Waals surface area contributed by atoms with E-state index >= 15 is 0 Å². The first-order valence-electron chi connectivity index (χ1n) is 6.98. The molecule has 1 N–H and O–H groups in total. The topological polar surface area (TPSA) is 53.4 Å². The van der Waals surface area contributed by atoms with E-state index in [1.807, 2.05) is 6.07 Å². The highest BCUT2D eigenvalue weighted by Crippen LogP contribution is 2.32. The molecule has 1 amide bonds. The summed E-state index contributed by atoms with van der Waals surface area (Å²) in [5, 5.41) is 9.06. The summed E-state index contributed by atoms with van der Waals surface area (Å²) in [5.74, 6) is 0. The SMILES string of the molecule is O=C(O)N1CCc2c(cccc2-c2ccc(C(F)(F)F)cn2)C1. The maximum Gasteiger partial charge on any atom is 0.417 e. The van der Waals surface area contributed by atoms with Crippen LogP contribution in [0.1, 0.15) is 16.7 Å². The second-order valence-corrected chi connectivity index (χ2v) is 5.33. The summed E-state index contributed by atoms with van der Waals surface area (Å²) in [4.78, 5) is 16.3. The first-order valence-corrected chi connectivity index (χ1v) is 6.98. The number of amides is 1. The fraction of sp³-hybridized carbons (Fsp3) is 0.250. The molecule has 0 unspecified atom stereocenters. The van der Waals surface area contributed by atoms with Crippen molar-refractivity contribution in [3.63, 3.8) is 0 Å². The van der Waals surface area contributed by atoms with E-state index in [1.165, 1.54) is 11.0 Å². The van der Waals surface area contributed by atoms with Crippen molar-refractivity contribution in [3.05, 3.63) is 53.2 Å². The molecular formula is C16H13F3N2O2. The first kappa shape index (κ1) is 15.3. The Labute approximate surface area is 130 Å². The summed E-state index contributed by atoms with van der Waals surface area (Å²) in [6, 6.07) is 7.75. The number of benzene rings is 1. The molecule has 4 nitrogen and oxygen atoms in total. The Hall–Kier alpha value is -2.57. The van der Waals surface area contributed by atoms with Gasteiger partial charge in [0.1, 0.15) is 0 Å². The minimum absolute atomic E-state index is 0.277. The van der Waals surface area contributed by atoms with Crippen LogP contribution in [-0.4, -0.2) is 27.6 Å². The van der Waals surface area contributed by atoms with Gasteiger partial charge in [-0.3, -0.25) is 4.98 Å². The summed E-state index contributed by atoms with van der Waals surface area (Å²) in [7, 11) is 0. The van der Waals surface area contributed by atoms with Gasteiger partial charge in [0, 0.05) is 24.8 Å². The molecule has 0 bridgehead atoms. The third kappa shape index (κ3) is 2.99. The van der Waals surface area contributed by atoms with Gasteiger partial charge in [-0.25, -0.2) is 4.79 Å². The zero-order valence-corrected chi connectivity index (χ0v) is 12.0. The average Bonchev–Trinajstić information content (AvgIpc) is 2.53. The number of carbonyl (C=O) groups is 1. The molecule has 0 aliphatic carbocycles. The second kappa shape index (κ2) is 5.57. The molecule has 1 aromatic carbocycles. The van der Waals surface area contributed by atoms with Gasteiger partial charge in [0.05, 0.1) is 11.3 Å². The average molecular weight is 322 g/mol. The fourth-order valence-electron chi connectivity index (χ4n) is 2.73. The molecule has 1 aromatic heterocycles. The van der Waals surface area contributed by atoms with Gasteiger partial charge >= 0.3 is 12.3 Å². The van der Waals surface area contributed by atoms with Gasteiger partial charge in [0.15, 0.2) is 0 Å². The van der Waals surface area contributed by atoms with Gasteiger partial charge in [0.2, 0.25) is 0 Å². The molecule has 3 rings (SSSR count). The van der Waals surface area contributed by atoms with Crippen LogP contribution in [0.4, 0.5) is 18.0 Å². The fourth-order valence-corrected chi connectivity index (χ4v) is 2.73. The van der Waals surface area contributed by atoms with Crippen LogP contribution in [0.5, 0.6) is 0 Å². The van der Waals surface area contributed by atoms with Crippen molar-refractivity contribution in [2.45, 2.75) is 19.1 Å². The van der Waals surface area contributed by atoms with Crippen LogP contribution in [0.3, 0.4) is 0 Å². The van der Waals surface area contributed by atoms with Crippen LogP contribution in [0.15, 0.2) is 36.5 Å². The third-order valence-corrected chi connectivity index (χ3v) is 3.90. The van der Waals surface area contributed by atoms with E-state index in [0.717, 1.165) is 29.0 Å². The predicted octanol–water partition coefficient (Wildman–Crippen LogP) is 3.80. The van der Waals surface area contributed by atoms with Crippen molar-refractivity contribution >= 4 is 6.09 Å². The Morgan fingerprint density at radius 3 is 2.61 bits per heavy atom. The summed E-state index contributed by atoms with van der Waals surface area (Å²) < 4.78 is 37.8. The highest BCUT2D eigenvalue weighted by molar-refractivity contribution is 5.69. The Bertz CT molecular complexity index is 742. The predicted molar refractivity (Wildman–Crippen MR) is 76.8 cm³/mol. The van der Waals surface area contributed by atoms with Crippen molar-refractivity contribution < 1.29 is 23.1 Å². The van der Waals surface area contributed by atoms with Crippen molar-refractivity contribution in [1.29, 1.82) is 0 Å². The van der Waals surface area contributed by atoms with Crippen LogP contribution < -0.4 is 0 Å². The summed E-state index contributed by atoms with van der Waals surface area (Å²) >= 11 is 0. The molecule has 0 spiro atoms. The van der Waals surface area contributed by atoms with Crippen molar-refractivity contribution in [3.8, 4) is 11.3 Å². The number of alkyl halides is 3. The van der Waals surface area contributed by atoms with E-state index in [9.17, 15) is 18.0 Å². The lowest BCUT2D eigenvalue weighted by Crippen LogP contribution is -2.34. The van der Waals surface area contributed by atoms with Gasteiger partial charge in [0.25, 0.3) is 0 Å². The minimum Gasteiger partial charge on any atom is -0.465 e. The van der Waals surface area contributed by atoms with Crippen LogP contribution in [0, 0.1) is 0 Å². The van der Waals surface area contributed by atoms with Crippen molar-refractivity contribution in [2.75, 3.05) is 6.54 Å². The number of aromatic nitrogens is 1. The van der Waals surface area contributed by atoms with Gasteiger partial charge in [-0.1, -0.05) is 18.2 Å². The monoisotopic (exact) mass is 322 g/mol. The number of carboxylic acid groups (broad SMARTS) is 1. The lowest BCUT2D eigenvalue weighted by atomic mass is 9.93. The Morgan fingerprint density at radius 2 is 2.00 bits per heavy atom. The molecule has 0 atom stereocenters. The second-order valence-electron chi connectivity index (χ2n) is 5.33. The van der Waals surface area contributed by atoms with E-state index in [2.05, 4.69) is 4.98 Å². The number of nitrogens with zero attached hydrogens (tertiary/aromatic N) is 2. The molecule has 2 heterocycles. The first-order chi connectivity index (χ1) is 10.9. The number of rotatable bonds is 1. The molecule has 0 saturated carbocycles. The van der Waals surface area contributed by atoms with E-state index < -0.39 is 17.8 Å². The largest absolute Gasteiger partial charge is 0.465 e. The van der Waals surface area contributed by atoms with Gasteiger partial charge < -0.3 is 10.0 Å². The number of hydrogen-bond donors (Lipinski definition) is 1. The maximum atomic E-state index is 12.6. The van der Waals surface area contributed by atoms with Crippen LogP contribution >= 0.6 is 0 Å². The lowest BCUT2D eigenvalue weighted by Gasteiger charge is -2.27. The molecular weight excluding hydrogens is 309 g/mol. The lowest BCUT2D eigenvalue weighted by molar-refractivity contribution is -0.137. The molecule has 1 aliphatic rings. The molecule has 0 fully saturated rings. The van der Waals surface area contributed by atoms with E-state index in [1.54, 1.807) is 12.1 Å². The number of halogens is 3. The Kier molecular flexibility index (Phi) is 3.71. The molecule has 0 saturated heterocycles. The zero-order valence-electron chi connectivity index (χ0n) is 12.0. The van der Waals surface area contributed by atoms with Crippen LogP contribution in [0.2, 0.25) is 0 Å². The molecule has 0 radical (unpaired) electrons. The molecule has 1 aliphatic heterocycles. The quantitative estimate of drug-likeness (QED) is 0.869. The molecule has 7 heteroatoms. The highest BCUT2D eigenvalue weighted by atomic mass is 19.4. The number of pyridine rings is 1. The van der Waals surface area contributed by atoms with Gasteiger partial charge in [-0.15, -0.1) is 0 Å². The van der Waals surface area contributed by atoms with Crippen molar-refractivity contribution in [1.82, 2.24) is 9.88 Å². The normalized spacial score (nSPS) is 14.5. The maximum absolute atomic E-state index is 12.6. The molecule has 23 heavy (non-hydrogen) atoms. The van der Waals surface area contributed by atoms with E-state index in [4.69, 9.17) is 5.11 Å². The summed E-state index contributed by atoms with van der Waals surface area (Å²) in [5.41, 5.74) is 2.22. The number of fused-ring (bicyclic) bond motifs is 1. The van der Waals surface area contributed by atoms with Crippen LogP contribution in [0.25, 0.3) is 11.3 Å². The number of hydrogen-bond acceptors (Lipinski definition) is 2. The third-order valence-electron chi connectivity index (χ3n) is 3.90. The van der Waals surface area contributed by atoms with Gasteiger partial charge in [-0.2, -0.15) is 13.2 Å². The molecule has 120 valence electrons. The van der Waals surface area contributed by atoms with Gasteiger partial charge in [-0.05, 0) is 29.7 Å². The smallest absolute Gasteiger partial charge is 0.417 e.